The average Bonchev–Trinajstić information content (AvgIpc) is 3.11. The quantitative estimate of drug-likeness (QED) is 0.554. The fourth-order valence-corrected chi connectivity index (χ4v) is 4.34. The first kappa shape index (κ1) is 22.7. The summed E-state index contributed by atoms with van der Waals surface area (Å²) in [6.45, 7) is 8.45. The molecule has 1 aliphatic heterocycles. The van der Waals surface area contributed by atoms with Gasteiger partial charge in [0.15, 0.2) is 0 Å². The summed E-state index contributed by atoms with van der Waals surface area (Å²) < 4.78 is 4.49. The third-order valence-corrected chi connectivity index (χ3v) is 6.40. The lowest BCUT2D eigenvalue weighted by molar-refractivity contribution is -0.117. The molecule has 1 aliphatic rings. The van der Waals surface area contributed by atoms with Gasteiger partial charge in [-0.15, -0.1) is 0 Å². The molecule has 9 heteroatoms. The number of nitrogens with one attached hydrogen (secondary N) is 1. The second-order valence-electron chi connectivity index (χ2n) is 8.14. The molecule has 2 heterocycles. The first-order valence-electron chi connectivity index (χ1n) is 10.6. The molecule has 7 nitrogen and oxygen atoms in total. The topological polar surface area (TPSA) is 58.3 Å². The molecule has 3 aromatic rings. The molecule has 1 saturated heterocycles. The number of rotatable bonds is 6. The lowest BCUT2D eigenvalue weighted by Gasteiger charge is -2.33. The Morgan fingerprint density at radius 3 is 2.53 bits per heavy atom. The number of aryl methyl sites for hydroxylation is 2. The van der Waals surface area contributed by atoms with E-state index in [0.29, 0.717) is 28.7 Å². The van der Waals surface area contributed by atoms with Crippen LogP contribution in [0.15, 0.2) is 48.8 Å². The van der Waals surface area contributed by atoms with Gasteiger partial charge in [0, 0.05) is 26.2 Å². The standard InChI is InChI=1S/C23H27ClN6OS/c1-17-7-8-21(18(2)13-17)29-15-25-30(23(29)32)16-28-11-9-27(10-12-28)14-22(31)26-20-6-4-3-5-19(20)24/h3-8,13,15H,9-12,14,16H2,1-2H3,(H,26,31). The molecule has 0 atom stereocenters. The summed E-state index contributed by atoms with van der Waals surface area (Å²) in [4.78, 5) is 16.8. The van der Waals surface area contributed by atoms with Gasteiger partial charge in [-0.25, -0.2) is 4.68 Å². The van der Waals surface area contributed by atoms with Crippen molar-refractivity contribution >= 4 is 35.4 Å². The van der Waals surface area contributed by atoms with Gasteiger partial charge in [-0.1, -0.05) is 41.4 Å². The number of aromatic nitrogens is 3. The van der Waals surface area contributed by atoms with E-state index in [2.05, 4.69) is 52.3 Å². The van der Waals surface area contributed by atoms with Gasteiger partial charge in [-0.05, 0) is 49.8 Å². The maximum atomic E-state index is 12.4. The van der Waals surface area contributed by atoms with E-state index in [9.17, 15) is 4.79 Å². The summed E-state index contributed by atoms with van der Waals surface area (Å²) in [6, 6.07) is 13.6. The van der Waals surface area contributed by atoms with Crippen LogP contribution in [0.5, 0.6) is 0 Å². The molecule has 0 unspecified atom stereocenters. The van der Waals surface area contributed by atoms with E-state index >= 15 is 0 Å². The monoisotopic (exact) mass is 470 g/mol. The number of benzene rings is 2. The van der Waals surface area contributed by atoms with Crippen molar-refractivity contribution in [2.45, 2.75) is 20.5 Å². The Morgan fingerprint density at radius 2 is 1.81 bits per heavy atom. The number of nitrogens with zero attached hydrogens (tertiary/aromatic N) is 5. The number of anilines is 1. The lowest BCUT2D eigenvalue weighted by Crippen LogP contribution is -2.49. The van der Waals surface area contributed by atoms with Crippen LogP contribution in [0.2, 0.25) is 5.02 Å². The molecule has 1 N–H and O–H groups in total. The highest BCUT2D eigenvalue weighted by atomic mass is 35.5. The first-order valence-corrected chi connectivity index (χ1v) is 11.4. The SMILES string of the molecule is Cc1ccc(-n2cnn(CN3CCN(CC(=O)Nc4ccccc4Cl)CC3)c2=S)c(C)c1. The molecule has 0 saturated carbocycles. The van der Waals surface area contributed by atoms with Crippen LogP contribution < -0.4 is 5.32 Å². The zero-order valence-electron chi connectivity index (χ0n) is 18.3. The number of carbonyl (C=O) groups is 1. The average molecular weight is 471 g/mol. The van der Waals surface area contributed by atoms with Gasteiger partial charge >= 0.3 is 0 Å². The predicted octanol–water partition coefficient (Wildman–Crippen LogP) is 3.89. The van der Waals surface area contributed by atoms with Crippen LogP contribution >= 0.6 is 23.8 Å². The summed E-state index contributed by atoms with van der Waals surface area (Å²) in [5, 5.41) is 7.95. The molecule has 1 aromatic heterocycles. The van der Waals surface area contributed by atoms with Gasteiger partial charge in [-0.3, -0.25) is 19.2 Å². The maximum absolute atomic E-state index is 12.4. The predicted molar refractivity (Wildman–Crippen MR) is 130 cm³/mol. The van der Waals surface area contributed by atoms with Crippen molar-refractivity contribution in [1.82, 2.24) is 24.1 Å². The molecule has 0 bridgehead atoms. The Hall–Kier alpha value is -2.52. The summed E-state index contributed by atoms with van der Waals surface area (Å²) in [6.07, 6.45) is 1.79. The molecule has 168 valence electrons. The van der Waals surface area contributed by atoms with Crippen LogP contribution in [0.1, 0.15) is 11.1 Å². The third kappa shape index (κ3) is 5.27. The highest BCUT2D eigenvalue weighted by Gasteiger charge is 2.20. The minimum Gasteiger partial charge on any atom is -0.324 e. The number of hydrogen-bond acceptors (Lipinski definition) is 5. The first-order chi connectivity index (χ1) is 15.4. The summed E-state index contributed by atoms with van der Waals surface area (Å²) in [5.41, 5.74) is 4.10. The van der Waals surface area contributed by atoms with E-state index in [1.807, 2.05) is 21.4 Å². The van der Waals surface area contributed by atoms with E-state index in [1.54, 1.807) is 18.5 Å². The number of amides is 1. The van der Waals surface area contributed by atoms with Crippen molar-refractivity contribution in [2.75, 3.05) is 38.0 Å². The van der Waals surface area contributed by atoms with Crippen molar-refractivity contribution in [1.29, 1.82) is 0 Å². The van der Waals surface area contributed by atoms with Crippen LogP contribution in [-0.2, 0) is 11.5 Å². The highest BCUT2D eigenvalue weighted by molar-refractivity contribution is 7.71. The third-order valence-electron chi connectivity index (χ3n) is 5.66. The van der Waals surface area contributed by atoms with E-state index in [0.717, 1.165) is 31.9 Å². The Kier molecular flexibility index (Phi) is 7.05. The van der Waals surface area contributed by atoms with Gasteiger partial charge in [0.2, 0.25) is 10.7 Å². The molecule has 0 spiro atoms. The van der Waals surface area contributed by atoms with Crippen LogP contribution in [0.25, 0.3) is 5.69 Å². The number of para-hydroxylation sites is 1. The smallest absolute Gasteiger partial charge is 0.238 e. The van der Waals surface area contributed by atoms with E-state index in [4.69, 9.17) is 23.8 Å². The molecule has 1 amide bonds. The second kappa shape index (κ2) is 9.95. The number of carbonyl (C=O) groups excluding carboxylic acids is 1. The normalized spacial score (nSPS) is 15.1. The number of hydrogen-bond donors (Lipinski definition) is 1. The van der Waals surface area contributed by atoms with Crippen LogP contribution in [0.4, 0.5) is 5.69 Å². The molecule has 2 aromatic carbocycles. The number of piperazine rings is 1. The molecule has 4 rings (SSSR count). The largest absolute Gasteiger partial charge is 0.324 e. The molecular weight excluding hydrogens is 444 g/mol. The van der Waals surface area contributed by atoms with Gasteiger partial charge in [0.05, 0.1) is 29.6 Å². The Labute approximate surface area is 198 Å². The zero-order chi connectivity index (χ0) is 22.7. The van der Waals surface area contributed by atoms with Crippen molar-refractivity contribution < 1.29 is 4.79 Å². The van der Waals surface area contributed by atoms with Crippen molar-refractivity contribution in [3.05, 3.63) is 69.7 Å². The van der Waals surface area contributed by atoms with E-state index < -0.39 is 0 Å². The Bertz CT molecular complexity index is 1170. The second-order valence-corrected chi connectivity index (χ2v) is 8.91. The fraction of sp³-hybridized carbons (Fsp3) is 0.348. The van der Waals surface area contributed by atoms with Crippen molar-refractivity contribution in [3.8, 4) is 5.69 Å². The van der Waals surface area contributed by atoms with Gasteiger partial charge in [-0.2, -0.15) is 5.10 Å². The van der Waals surface area contributed by atoms with E-state index in [-0.39, 0.29) is 5.91 Å². The minimum atomic E-state index is -0.0546. The molecule has 0 radical (unpaired) electrons. The highest BCUT2D eigenvalue weighted by Crippen LogP contribution is 2.20. The Morgan fingerprint density at radius 1 is 1.09 bits per heavy atom. The molecule has 1 fully saturated rings. The molecular formula is C23H27ClN6OS. The van der Waals surface area contributed by atoms with Crippen LogP contribution in [-0.4, -0.2) is 62.8 Å². The lowest BCUT2D eigenvalue weighted by atomic mass is 10.1. The molecule has 32 heavy (non-hydrogen) atoms. The van der Waals surface area contributed by atoms with Crippen molar-refractivity contribution in [2.24, 2.45) is 0 Å². The van der Waals surface area contributed by atoms with Gasteiger partial charge in [0.25, 0.3) is 0 Å². The molecule has 0 aliphatic carbocycles. The number of halogens is 1. The summed E-state index contributed by atoms with van der Waals surface area (Å²) in [7, 11) is 0. The zero-order valence-corrected chi connectivity index (χ0v) is 19.9. The van der Waals surface area contributed by atoms with Crippen molar-refractivity contribution in [3.63, 3.8) is 0 Å². The van der Waals surface area contributed by atoms with Gasteiger partial charge < -0.3 is 5.32 Å². The van der Waals surface area contributed by atoms with Crippen LogP contribution in [0, 0.1) is 18.6 Å². The van der Waals surface area contributed by atoms with E-state index in [1.165, 1.54) is 11.1 Å². The maximum Gasteiger partial charge on any atom is 0.238 e. The Balaban J connectivity index is 1.31. The fourth-order valence-electron chi connectivity index (χ4n) is 3.91. The van der Waals surface area contributed by atoms with Crippen LogP contribution in [0.3, 0.4) is 0 Å². The van der Waals surface area contributed by atoms with Gasteiger partial charge in [0.1, 0.15) is 6.33 Å². The minimum absolute atomic E-state index is 0.0546. The summed E-state index contributed by atoms with van der Waals surface area (Å²) in [5.74, 6) is -0.0546. The summed E-state index contributed by atoms with van der Waals surface area (Å²) >= 11 is 11.8.